The molecule has 20 heavy (non-hydrogen) atoms. The lowest BCUT2D eigenvalue weighted by molar-refractivity contribution is 0.695. The Kier molecular flexibility index (Phi) is 3.67. The van der Waals surface area contributed by atoms with Gasteiger partial charge in [0, 0.05) is 14.3 Å². The first kappa shape index (κ1) is 13.8. The second kappa shape index (κ2) is 5.32. The van der Waals surface area contributed by atoms with E-state index in [1.807, 2.05) is 22.7 Å². The molecule has 0 spiro atoms. The Hall–Kier alpha value is -1.16. The van der Waals surface area contributed by atoms with Gasteiger partial charge in [0.1, 0.15) is 0 Å². The first-order chi connectivity index (χ1) is 9.60. The molecule has 2 heterocycles. The van der Waals surface area contributed by atoms with Crippen molar-refractivity contribution >= 4 is 32.1 Å². The highest BCUT2D eigenvalue weighted by molar-refractivity contribution is 7.27. The minimum Gasteiger partial charge on any atom is -0.309 e. The molecule has 3 aromatic rings. The minimum absolute atomic E-state index is 0.292. The molecule has 3 rings (SSSR count). The van der Waals surface area contributed by atoms with E-state index in [1.54, 1.807) is 0 Å². The highest BCUT2D eigenvalue weighted by Gasteiger charge is 2.19. The fourth-order valence-electron chi connectivity index (χ4n) is 3.00. The molecule has 0 amide bonds. The number of benzene rings is 1. The van der Waals surface area contributed by atoms with E-state index in [4.69, 9.17) is 0 Å². The van der Waals surface area contributed by atoms with E-state index in [0.717, 1.165) is 0 Å². The molecule has 0 fully saturated rings. The lowest BCUT2D eigenvalue weighted by Crippen LogP contribution is -2.19. The van der Waals surface area contributed by atoms with E-state index in [9.17, 15) is 0 Å². The Morgan fingerprint density at radius 3 is 2.30 bits per heavy atom. The second-order valence-corrected chi connectivity index (χ2v) is 7.40. The van der Waals surface area contributed by atoms with Crippen LogP contribution < -0.4 is 5.32 Å². The fraction of sp³-hybridized carbons (Fsp3) is 0.294. The number of aryl methyl sites for hydroxylation is 3. The lowest BCUT2D eigenvalue weighted by atomic mass is 9.93. The lowest BCUT2D eigenvalue weighted by Gasteiger charge is -2.20. The van der Waals surface area contributed by atoms with E-state index >= 15 is 0 Å². The van der Waals surface area contributed by atoms with E-state index < -0.39 is 0 Å². The largest absolute Gasteiger partial charge is 0.309 e. The van der Waals surface area contributed by atoms with Crippen LogP contribution in [0.1, 0.15) is 33.2 Å². The summed E-state index contributed by atoms with van der Waals surface area (Å²) in [5.74, 6) is 0. The van der Waals surface area contributed by atoms with Crippen LogP contribution in [0.5, 0.6) is 0 Å². The predicted molar refractivity (Wildman–Crippen MR) is 91.3 cm³/mol. The zero-order valence-corrected chi connectivity index (χ0v) is 13.9. The maximum Gasteiger partial charge on any atom is 0.0674 e. The van der Waals surface area contributed by atoms with Crippen LogP contribution in [-0.2, 0) is 0 Å². The van der Waals surface area contributed by atoms with Gasteiger partial charge in [-0.05, 0) is 62.0 Å². The molecule has 2 aromatic heterocycles. The molecule has 1 atom stereocenters. The van der Waals surface area contributed by atoms with Crippen molar-refractivity contribution in [1.29, 1.82) is 0 Å². The quantitative estimate of drug-likeness (QED) is 0.701. The Morgan fingerprint density at radius 1 is 1.00 bits per heavy atom. The Bertz CT molecular complexity index is 700. The average molecular weight is 301 g/mol. The fourth-order valence-corrected chi connectivity index (χ4v) is 5.24. The molecular formula is C17H19NS2. The molecular weight excluding hydrogens is 282 g/mol. The Morgan fingerprint density at radius 2 is 1.70 bits per heavy atom. The third kappa shape index (κ3) is 2.30. The molecule has 0 saturated heterocycles. The summed E-state index contributed by atoms with van der Waals surface area (Å²) in [5, 5.41) is 5.67. The second-order valence-electron chi connectivity index (χ2n) is 5.33. The molecule has 1 N–H and O–H groups in total. The number of hydrogen-bond donors (Lipinski definition) is 1. The van der Waals surface area contributed by atoms with Gasteiger partial charge >= 0.3 is 0 Å². The summed E-state index contributed by atoms with van der Waals surface area (Å²) in [5.41, 5.74) is 5.51. The molecule has 104 valence electrons. The first-order valence-electron chi connectivity index (χ1n) is 6.82. The molecule has 0 aliphatic heterocycles. The summed E-state index contributed by atoms with van der Waals surface area (Å²) in [6, 6.07) is 9.41. The topological polar surface area (TPSA) is 12.0 Å². The molecule has 0 radical (unpaired) electrons. The first-order valence-corrected chi connectivity index (χ1v) is 8.51. The predicted octanol–water partition coefficient (Wildman–Crippen LogP) is 5.20. The standard InChI is InChI=1S/C17H19NS2/c1-10-7-11(2)16(12(3)8-10)17(18-4)15-9-14-13(20-15)5-6-19-14/h5-9,17-18H,1-4H3. The van der Waals surface area contributed by atoms with Gasteiger partial charge in [0.05, 0.1) is 6.04 Å². The summed E-state index contributed by atoms with van der Waals surface area (Å²) in [6.45, 7) is 6.60. The molecule has 1 aromatic carbocycles. The van der Waals surface area contributed by atoms with E-state index in [1.165, 1.54) is 36.5 Å². The summed E-state index contributed by atoms with van der Waals surface area (Å²) in [4.78, 5) is 1.41. The van der Waals surface area contributed by atoms with Crippen molar-refractivity contribution in [3.63, 3.8) is 0 Å². The van der Waals surface area contributed by atoms with Gasteiger partial charge < -0.3 is 5.32 Å². The summed E-state index contributed by atoms with van der Waals surface area (Å²) in [6.07, 6.45) is 0. The van der Waals surface area contributed by atoms with Crippen molar-refractivity contribution in [1.82, 2.24) is 5.32 Å². The van der Waals surface area contributed by atoms with Gasteiger partial charge in [-0.25, -0.2) is 0 Å². The van der Waals surface area contributed by atoms with E-state index in [2.05, 4.69) is 62.8 Å². The van der Waals surface area contributed by atoms with Gasteiger partial charge in [-0.2, -0.15) is 0 Å². The van der Waals surface area contributed by atoms with Crippen molar-refractivity contribution in [3.05, 3.63) is 56.8 Å². The Balaban J connectivity index is 2.12. The van der Waals surface area contributed by atoms with Crippen molar-refractivity contribution < 1.29 is 0 Å². The van der Waals surface area contributed by atoms with Crippen molar-refractivity contribution in [2.75, 3.05) is 7.05 Å². The van der Waals surface area contributed by atoms with Gasteiger partial charge in [0.2, 0.25) is 0 Å². The average Bonchev–Trinajstić information content (AvgIpc) is 2.93. The van der Waals surface area contributed by atoms with Crippen LogP contribution in [0.25, 0.3) is 9.40 Å². The Labute approximate surface area is 128 Å². The molecule has 3 heteroatoms. The van der Waals surface area contributed by atoms with Crippen molar-refractivity contribution in [2.24, 2.45) is 0 Å². The van der Waals surface area contributed by atoms with E-state index in [0.29, 0.717) is 6.04 Å². The number of fused-ring (bicyclic) bond motifs is 1. The number of rotatable bonds is 3. The zero-order valence-electron chi connectivity index (χ0n) is 12.3. The SMILES string of the molecule is CNC(c1cc2sccc2s1)c1c(C)cc(C)cc1C. The third-order valence-electron chi connectivity index (χ3n) is 3.76. The van der Waals surface area contributed by atoms with Crippen molar-refractivity contribution in [2.45, 2.75) is 26.8 Å². The summed E-state index contributed by atoms with van der Waals surface area (Å²) >= 11 is 3.73. The molecule has 0 saturated carbocycles. The van der Waals surface area contributed by atoms with Crippen LogP contribution in [0.4, 0.5) is 0 Å². The van der Waals surface area contributed by atoms with Gasteiger partial charge in [-0.15, -0.1) is 22.7 Å². The van der Waals surface area contributed by atoms with Crippen LogP contribution in [0, 0.1) is 20.8 Å². The van der Waals surface area contributed by atoms with Crippen LogP contribution in [0.2, 0.25) is 0 Å². The third-order valence-corrected chi connectivity index (χ3v) is 5.92. The van der Waals surface area contributed by atoms with Crippen LogP contribution in [0.15, 0.2) is 29.6 Å². The molecule has 0 bridgehead atoms. The highest BCUT2D eigenvalue weighted by Crippen LogP contribution is 2.37. The van der Waals surface area contributed by atoms with Crippen LogP contribution in [0.3, 0.4) is 0 Å². The number of nitrogens with one attached hydrogen (secondary N) is 1. The zero-order chi connectivity index (χ0) is 14.3. The molecule has 1 unspecified atom stereocenters. The molecule has 0 aliphatic rings. The van der Waals surface area contributed by atoms with Crippen LogP contribution in [-0.4, -0.2) is 7.05 Å². The summed E-state index contributed by atoms with van der Waals surface area (Å²) in [7, 11) is 2.05. The molecule has 0 aliphatic carbocycles. The normalized spacial score (nSPS) is 13.0. The monoisotopic (exact) mass is 301 g/mol. The maximum atomic E-state index is 3.50. The van der Waals surface area contributed by atoms with E-state index in [-0.39, 0.29) is 0 Å². The van der Waals surface area contributed by atoms with Gasteiger partial charge in [-0.1, -0.05) is 17.7 Å². The van der Waals surface area contributed by atoms with Crippen LogP contribution >= 0.6 is 22.7 Å². The number of thiophene rings is 2. The number of hydrogen-bond acceptors (Lipinski definition) is 3. The minimum atomic E-state index is 0.292. The van der Waals surface area contributed by atoms with Gasteiger partial charge in [-0.3, -0.25) is 0 Å². The maximum absolute atomic E-state index is 3.50. The van der Waals surface area contributed by atoms with Crippen molar-refractivity contribution in [3.8, 4) is 0 Å². The smallest absolute Gasteiger partial charge is 0.0674 e. The van der Waals surface area contributed by atoms with Gasteiger partial charge in [0.25, 0.3) is 0 Å². The highest BCUT2D eigenvalue weighted by atomic mass is 32.1. The summed E-state index contributed by atoms with van der Waals surface area (Å²) < 4.78 is 2.79. The van der Waals surface area contributed by atoms with Gasteiger partial charge in [0.15, 0.2) is 0 Å². The molecule has 1 nitrogen and oxygen atoms in total.